The average molecular weight is 321 g/mol. The van der Waals surface area contributed by atoms with Crippen LogP contribution >= 0.6 is 0 Å². The van der Waals surface area contributed by atoms with Crippen molar-refractivity contribution in [1.82, 2.24) is 9.71 Å². The summed E-state index contributed by atoms with van der Waals surface area (Å²) in [5, 5.41) is 2.84. The third-order valence-corrected chi connectivity index (χ3v) is 4.83. The van der Waals surface area contributed by atoms with Crippen LogP contribution in [0.1, 0.15) is 13.3 Å². The fourth-order valence-electron chi connectivity index (χ4n) is 1.54. The third kappa shape index (κ3) is 5.43. The number of nitrogens with zero attached hydrogens (tertiary/aromatic N) is 1. The highest BCUT2D eigenvalue weighted by Gasteiger charge is 2.19. The fourth-order valence-corrected chi connectivity index (χ4v) is 3.39. The highest BCUT2D eigenvalue weighted by Crippen LogP contribution is 2.17. The summed E-state index contributed by atoms with van der Waals surface area (Å²) in [6.45, 7) is 2.47. The monoisotopic (exact) mass is 321 g/mol. The van der Waals surface area contributed by atoms with E-state index >= 15 is 0 Å². The van der Waals surface area contributed by atoms with Gasteiger partial charge in [-0.05, 0) is 25.5 Å². The molecule has 0 aromatic carbocycles. The molecule has 0 aliphatic rings. The summed E-state index contributed by atoms with van der Waals surface area (Å²) in [7, 11) is -6.84. The first-order valence-electron chi connectivity index (χ1n) is 6.12. The molecule has 0 unspecified atom stereocenters. The van der Waals surface area contributed by atoms with Crippen molar-refractivity contribution in [3.05, 3.63) is 18.3 Å². The first-order chi connectivity index (χ1) is 9.26. The quantitative estimate of drug-likeness (QED) is 0.664. The van der Waals surface area contributed by atoms with Gasteiger partial charge < -0.3 is 5.32 Å². The summed E-state index contributed by atoms with van der Waals surface area (Å²) in [6, 6.07) is 3.27. The number of nitrogens with one attached hydrogen (secondary N) is 2. The van der Waals surface area contributed by atoms with Crippen LogP contribution in [0.3, 0.4) is 0 Å². The minimum atomic E-state index is -3.75. The number of aromatic nitrogens is 1. The van der Waals surface area contributed by atoms with Gasteiger partial charge in [0.25, 0.3) is 10.0 Å². The van der Waals surface area contributed by atoms with Crippen molar-refractivity contribution in [2.45, 2.75) is 18.4 Å². The lowest BCUT2D eigenvalue weighted by atomic mass is 10.4. The van der Waals surface area contributed by atoms with Gasteiger partial charge in [-0.25, -0.2) is 26.5 Å². The van der Waals surface area contributed by atoms with Crippen LogP contribution in [0.15, 0.2) is 23.4 Å². The number of anilines is 1. The molecule has 0 aliphatic heterocycles. The Hall–Kier alpha value is -1.19. The Labute approximate surface area is 119 Å². The summed E-state index contributed by atoms with van der Waals surface area (Å²) in [4.78, 5) is 3.87. The molecule has 0 spiro atoms. The van der Waals surface area contributed by atoms with Crippen LogP contribution in [0.2, 0.25) is 0 Å². The van der Waals surface area contributed by atoms with Crippen molar-refractivity contribution in [3.8, 4) is 0 Å². The lowest BCUT2D eigenvalue weighted by Crippen LogP contribution is -2.27. The molecular weight excluding hydrogens is 302 g/mol. The van der Waals surface area contributed by atoms with Gasteiger partial charge >= 0.3 is 0 Å². The van der Waals surface area contributed by atoms with Gasteiger partial charge in [0.05, 0.1) is 11.4 Å². The van der Waals surface area contributed by atoms with E-state index in [1.807, 2.05) is 6.92 Å². The van der Waals surface area contributed by atoms with Gasteiger partial charge in [0.1, 0.15) is 9.84 Å². The first-order valence-corrected chi connectivity index (χ1v) is 9.67. The normalized spacial score (nSPS) is 12.3. The first kappa shape index (κ1) is 16.9. The van der Waals surface area contributed by atoms with E-state index < -0.39 is 19.9 Å². The van der Waals surface area contributed by atoms with E-state index in [9.17, 15) is 16.8 Å². The highest BCUT2D eigenvalue weighted by molar-refractivity contribution is 7.90. The molecule has 0 radical (unpaired) electrons. The SMILES string of the molecule is CCNc1cccnc1S(=O)(=O)NCCCS(C)(=O)=O. The minimum Gasteiger partial charge on any atom is -0.383 e. The lowest BCUT2D eigenvalue weighted by Gasteiger charge is -2.10. The second-order valence-corrected chi connectivity index (χ2v) is 8.21. The maximum atomic E-state index is 12.1. The molecule has 0 saturated carbocycles. The standard InChI is InChI=1S/C11H19N3O4S2/c1-3-12-10-6-4-7-13-11(10)20(17,18)14-8-5-9-19(2,15)16/h4,6-7,12,14H,3,5,8-9H2,1-2H3. The zero-order valence-electron chi connectivity index (χ0n) is 11.5. The predicted molar refractivity (Wildman–Crippen MR) is 77.9 cm³/mol. The molecule has 1 aromatic rings. The molecule has 9 heteroatoms. The lowest BCUT2D eigenvalue weighted by molar-refractivity contribution is 0.574. The number of sulfone groups is 1. The van der Waals surface area contributed by atoms with E-state index in [4.69, 9.17) is 0 Å². The topological polar surface area (TPSA) is 105 Å². The van der Waals surface area contributed by atoms with E-state index in [0.29, 0.717) is 12.2 Å². The van der Waals surface area contributed by atoms with Crippen LogP contribution in [-0.4, -0.2) is 46.9 Å². The molecule has 0 bridgehead atoms. The van der Waals surface area contributed by atoms with Crippen molar-refractivity contribution in [3.63, 3.8) is 0 Å². The Kier molecular flexibility index (Phi) is 5.90. The number of hydrogen-bond acceptors (Lipinski definition) is 6. The van der Waals surface area contributed by atoms with Crippen LogP contribution in [-0.2, 0) is 19.9 Å². The maximum Gasteiger partial charge on any atom is 0.260 e. The van der Waals surface area contributed by atoms with E-state index in [1.54, 1.807) is 12.1 Å². The van der Waals surface area contributed by atoms with Gasteiger partial charge in [-0.2, -0.15) is 0 Å². The Bertz CT molecular complexity index is 641. The zero-order valence-corrected chi connectivity index (χ0v) is 13.1. The molecule has 0 aliphatic carbocycles. The number of rotatable bonds is 8. The second kappa shape index (κ2) is 7.00. The molecule has 1 rings (SSSR count). The summed E-state index contributed by atoms with van der Waals surface area (Å²) in [5.74, 6) is -0.0577. The smallest absolute Gasteiger partial charge is 0.260 e. The minimum absolute atomic E-state index is 0.0531. The fraction of sp³-hybridized carbons (Fsp3) is 0.545. The van der Waals surface area contributed by atoms with Gasteiger partial charge in [-0.15, -0.1) is 0 Å². The molecular formula is C11H19N3O4S2. The highest BCUT2D eigenvalue weighted by atomic mass is 32.2. The molecule has 0 amide bonds. The molecule has 7 nitrogen and oxygen atoms in total. The second-order valence-electron chi connectivity index (χ2n) is 4.27. The molecule has 20 heavy (non-hydrogen) atoms. The number of hydrogen-bond donors (Lipinski definition) is 2. The molecule has 0 atom stereocenters. The van der Waals surface area contributed by atoms with E-state index in [1.165, 1.54) is 6.20 Å². The summed E-state index contributed by atoms with van der Waals surface area (Å²) < 4.78 is 48.5. The molecule has 0 fully saturated rings. The Morgan fingerprint density at radius 2 is 1.95 bits per heavy atom. The molecule has 0 saturated heterocycles. The van der Waals surface area contributed by atoms with Gasteiger partial charge in [0.15, 0.2) is 5.03 Å². The van der Waals surface area contributed by atoms with Crippen molar-refractivity contribution in [1.29, 1.82) is 0 Å². The van der Waals surface area contributed by atoms with Gasteiger partial charge in [-0.3, -0.25) is 0 Å². The molecule has 114 valence electrons. The van der Waals surface area contributed by atoms with Crippen molar-refractivity contribution >= 4 is 25.5 Å². The number of sulfonamides is 1. The van der Waals surface area contributed by atoms with E-state index in [0.717, 1.165) is 6.26 Å². The van der Waals surface area contributed by atoms with Crippen LogP contribution < -0.4 is 10.0 Å². The van der Waals surface area contributed by atoms with Crippen molar-refractivity contribution in [2.24, 2.45) is 0 Å². The van der Waals surface area contributed by atoms with Crippen LogP contribution in [0, 0.1) is 0 Å². The maximum absolute atomic E-state index is 12.1. The van der Waals surface area contributed by atoms with Crippen LogP contribution in [0.5, 0.6) is 0 Å². The van der Waals surface area contributed by atoms with Crippen molar-refractivity contribution in [2.75, 3.05) is 30.4 Å². The van der Waals surface area contributed by atoms with Crippen molar-refractivity contribution < 1.29 is 16.8 Å². The van der Waals surface area contributed by atoms with Gasteiger partial charge in [0.2, 0.25) is 0 Å². The Morgan fingerprint density at radius 3 is 2.55 bits per heavy atom. The predicted octanol–water partition coefficient (Wildman–Crippen LogP) is 0.226. The van der Waals surface area contributed by atoms with Gasteiger partial charge in [0, 0.05) is 25.5 Å². The van der Waals surface area contributed by atoms with E-state index in [2.05, 4.69) is 15.0 Å². The van der Waals surface area contributed by atoms with Crippen LogP contribution in [0.4, 0.5) is 5.69 Å². The van der Waals surface area contributed by atoms with E-state index in [-0.39, 0.29) is 23.7 Å². The Balaban J connectivity index is 2.74. The largest absolute Gasteiger partial charge is 0.383 e. The van der Waals surface area contributed by atoms with Gasteiger partial charge in [-0.1, -0.05) is 0 Å². The Morgan fingerprint density at radius 1 is 1.25 bits per heavy atom. The summed E-state index contributed by atoms with van der Waals surface area (Å²) in [5.41, 5.74) is 0.422. The third-order valence-electron chi connectivity index (χ3n) is 2.38. The zero-order chi connectivity index (χ0) is 15.2. The molecule has 1 aromatic heterocycles. The summed E-state index contributed by atoms with van der Waals surface area (Å²) >= 11 is 0. The molecule has 2 N–H and O–H groups in total. The summed E-state index contributed by atoms with van der Waals surface area (Å²) in [6.07, 6.45) is 2.73. The number of pyridine rings is 1. The average Bonchev–Trinajstić information content (AvgIpc) is 2.35. The molecule has 1 heterocycles. The van der Waals surface area contributed by atoms with Crippen LogP contribution in [0.25, 0.3) is 0 Å².